The standard InChI is InChI=1S/C17H20N6O3/c1-11-10-22(6-7-23(11)17(24)25-3)16-12-9-18-21(2)15(12)19-14(20-16)13-5-4-8-26-13/h4-5,8-9,11H,6-7,10H2,1-3H3. The van der Waals surface area contributed by atoms with E-state index in [0.717, 1.165) is 16.9 Å². The third-order valence-electron chi connectivity index (χ3n) is 4.65. The van der Waals surface area contributed by atoms with E-state index in [0.29, 0.717) is 31.2 Å². The molecule has 3 aromatic rings. The number of hydrogen-bond acceptors (Lipinski definition) is 7. The highest BCUT2D eigenvalue weighted by molar-refractivity contribution is 5.88. The van der Waals surface area contributed by atoms with E-state index in [1.54, 1.807) is 22.0 Å². The number of rotatable bonds is 2. The largest absolute Gasteiger partial charge is 0.461 e. The molecule has 1 aliphatic rings. The molecule has 9 heteroatoms. The molecule has 0 aromatic carbocycles. The molecule has 1 unspecified atom stereocenters. The summed E-state index contributed by atoms with van der Waals surface area (Å²) in [6.07, 6.45) is 3.07. The highest BCUT2D eigenvalue weighted by Crippen LogP contribution is 2.29. The van der Waals surface area contributed by atoms with Crippen LogP contribution in [0.3, 0.4) is 0 Å². The Bertz CT molecular complexity index is 936. The summed E-state index contributed by atoms with van der Waals surface area (Å²) in [7, 11) is 3.25. The number of methoxy groups -OCH3 is 1. The lowest BCUT2D eigenvalue weighted by Crippen LogP contribution is -2.54. The Morgan fingerprint density at radius 2 is 2.19 bits per heavy atom. The van der Waals surface area contributed by atoms with Gasteiger partial charge in [-0.2, -0.15) is 5.10 Å². The molecule has 1 aliphatic heterocycles. The molecule has 3 aromatic heterocycles. The molecule has 1 atom stereocenters. The van der Waals surface area contributed by atoms with Crippen LogP contribution in [-0.4, -0.2) is 63.5 Å². The molecule has 0 bridgehead atoms. The van der Waals surface area contributed by atoms with Crippen LogP contribution in [0, 0.1) is 0 Å². The van der Waals surface area contributed by atoms with Crippen molar-refractivity contribution in [3.8, 4) is 11.6 Å². The van der Waals surface area contributed by atoms with E-state index >= 15 is 0 Å². The van der Waals surface area contributed by atoms with Crippen LogP contribution in [0.2, 0.25) is 0 Å². The molecule has 4 heterocycles. The average molecular weight is 356 g/mol. The molecule has 1 amide bonds. The van der Waals surface area contributed by atoms with Crippen molar-refractivity contribution >= 4 is 22.9 Å². The Kier molecular flexibility index (Phi) is 3.98. The summed E-state index contributed by atoms with van der Waals surface area (Å²) in [6.45, 7) is 3.86. The quantitative estimate of drug-likeness (QED) is 0.693. The third kappa shape index (κ3) is 2.65. The van der Waals surface area contributed by atoms with Gasteiger partial charge in [-0.25, -0.2) is 14.8 Å². The van der Waals surface area contributed by atoms with Crippen molar-refractivity contribution in [1.29, 1.82) is 0 Å². The molecule has 1 fully saturated rings. The minimum atomic E-state index is -0.303. The highest BCUT2D eigenvalue weighted by atomic mass is 16.5. The van der Waals surface area contributed by atoms with Crippen molar-refractivity contribution in [2.24, 2.45) is 7.05 Å². The van der Waals surface area contributed by atoms with Crippen molar-refractivity contribution in [1.82, 2.24) is 24.6 Å². The van der Waals surface area contributed by atoms with Gasteiger partial charge in [-0.05, 0) is 19.1 Å². The molecule has 26 heavy (non-hydrogen) atoms. The fourth-order valence-corrected chi connectivity index (χ4v) is 3.30. The third-order valence-corrected chi connectivity index (χ3v) is 4.65. The Hall–Kier alpha value is -3.10. The summed E-state index contributed by atoms with van der Waals surface area (Å²) in [6, 6.07) is 3.65. The summed E-state index contributed by atoms with van der Waals surface area (Å²) in [5.74, 6) is 1.92. The van der Waals surface area contributed by atoms with Gasteiger partial charge in [-0.15, -0.1) is 0 Å². The number of hydrogen-bond donors (Lipinski definition) is 0. The molecule has 0 aliphatic carbocycles. The van der Waals surface area contributed by atoms with Gasteiger partial charge in [-0.3, -0.25) is 4.68 Å². The molecular formula is C17H20N6O3. The zero-order valence-electron chi connectivity index (χ0n) is 14.9. The summed E-state index contributed by atoms with van der Waals surface area (Å²) in [4.78, 5) is 25.1. The first-order valence-corrected chi connectivity index (χ1v) is 8.41. The minimum absolute atomic E-state index is 0.00458. The van der Waals surface area contributed by atoms with E-state index in [1.165, 1.54) is 7.11 Å². The van der Waals surface area contributed by atoms with Gasteiger partial charge in [0.1, 0.15) is 5.82 Å². The number of carbonyl (C=O) groups is 1. The van der Waals surface area contributed by atoms with Gasteiger partial charge in [0.25, 0.3) is 0 Å². The van der Waals surface area contributed by atoms with Crippen molar-refractivity contribution in [2.75, 3.05) is 31.6 Å². The smallest absolute Gasteiger partial charge is 0.409 e. The van der Waals surface area contributed by atoms with Gasteiger partial charge in [0, 0.05) is 32.7 Å². The van der Waals surface area contributed by atoms with E-state index in [9.17, 15) is 4.79 Å². The molecule has 1 saturated heterocycles. The van der Waals surface area contributed by atoms with Crippen LogP contribution in [0.1, 0.15) is 6.92 Å². The second-order valence-electron chi connectivity index (χ2n) is 6.31. The SMILES string of the molecule is COC(=O)N1CCN(c2nc(-c3ccco3)nc3c2cnn3C)CC1C. The fourth-order valence-electron chi connectivity index (χ4n) is 3.30. The van der Waals surface area contributed by atoms with Crippen LogP contribution in [0.5, 0.6) is 0 Å². The molecule has 0 N–H and O–H groups in total. The molecule has 9 nitrogen and oxygen atoms in total. The number of fused-ring (bicyclic) bond motifs is 1. The molecule has 136 valence electrons. The van der Waals surface area contributed by atoms with Crippen LogP contribution < -0.4 is 4.90 Å². The zero-order valence-corrected chi connectivity index (χ0v) is 14.9. The van der Waals surface area contributed by atoms with Gasteiger partial charge in [0.05, 0.1) is 25.0 Å². The summed E-state index contributed by atoms with van der Waals surface area (Å²) < 4.78 is 12.1. The summed E-state index contributed by atoms with van der Waals surface area (Å²) >= 11 is 0. The fraction of sp³-hybridized carbons (Fsp3) is 0.412. The molecular weight excluding hydrogens is 336 g/mol. The van der Waals surface area contributed by atoms with Gasteiger partial charge in [-0.1, -0.05) is 0 Å². The number of anilines is 1. The number of ether oxygens (including phenoxy) is 1. The predicted octanol–water partition coefficient (Wildman–Crippen LogP) is 1.90. The van der Waals surface area contributed by atoms with E-state index < -0.39 is 0 Å². The molecule has 0 saturated carbocycles. The maximum atomic E-state index is 11.9. The topological polar surface area (TPSA) is 89.5 Å². The number of nitrogens with zero attached hydrogens (tertiary/aromatic N) is 6. The number of furan rings is 1. The van der Waals surface area contributed by atoms with Crippen molar-refractivity contribution in [3.63, 3.8) is 0 Å². The predicted molar refractivity (Wildman–Crippen MR) is 94.8 cm³/mol. The van der Waals surface area contributed by atoms with Gasteiger partial charge in [0.15, 0.2) is 17.2 Å². The number of aromatic nitrogens is 4. The number of piperazine rings is 1. The number of amides is 1. The van der Waals surface area contributed by atoms with E-state index in [2.05, 4.69) is 15.0 Å². The Labute approximate surface area is 150 Å². The van der Waals surface area contributed by atoms with Crippen LogP contribution in [0.4, 0.5) is 10.6 Å². The van der Waals surface area contributed by atoms with Gasteiger partial charge >= 0.3 is 6.09 Å². The lowest BCUT2D eigenvalue weighted by molar-refractivity contribution is 0.103. The monoisotopic (exact) mass is 356 g/mol. The maximum Gasteiger partial charge on any atom is 0.409 e. The number of carbonyl (C=O) groups excluding carboxylic acids is 1. The van der Waals surface area contributed by atoms with Crippen molar-refractivity contribution in [3.05, 3.63) is 24.6 Å². The van der Waals surface area contributed by atoms with E-state index in [-0.39, 0.29) is 12.1 Å². The van der Waals surface area contributed by atoms with Gasteiger partial charge < -0.3 is 19.0 Å². The number of aryl methyl sites for hydroxylation is 1. The minimum Gasteiger partial charge on any atom is -0.461 e. The van der Waals surface area contributed by atoms with E-state index in [4.69, 9.17) is 14.1 Å². The average Bonchev–Trinajstić information content (AvgIpc) is 3.31. The van der Waals surface area contributed by atoms with Crippen LogP contribution in [-0.2, 0) is 11.8 Å². The van der Waals surface area contributed by atoms with Crippen LogP contribution in [0.25, 0.3) is 22.6 Å². The Balaban J connectivity index is 1.73. The normalized spacial score (nSPS) is 17.7. The Morgan fingerprint density at radius 1 is 1.35 bits per heavy atom. The van der Waals surface area contributed by atoms with E-state index in [1.807, 2.05) is 26.1 Å². The Morgan fingerprint density at radius 3 is 2.88 bits per heavy atom. The highest BCUT2D eigenvalue weighted by Gasteiger charge is 2.30. The van der Waals surface area contributed by atoms with Crippen LogP contribution in [0.15, 0.2) is 29.0 Å². The molecule has 4 rings (SSSR count). The summed E-state index contributed by atoms with van der Waals surface area (Å²) in [5, 5.41) is 5.20. The van der Waals surface area contributed by atoms with Crippen molar-refractivity contribution < 1.29 is 13.9 Å². The second-order valence-corrected chi connectivity index (χ2v) is 6.31. The molecule has 0 spiro atoms. The molecule has 0 radical (unpaired) electrons. The maximum absolute atomic E-state index is 11.9. The first-order chi connectivity index (χ1) is 12.6. The first-order valence-electron chi connectivity index (χ1n) is 8.41. The van der Waals surface area contributed by atoms with Crippen LogP contribution >= 0.6 is 0 Å². The zero-order chi connectivity index (χ0) is 18.3. The second kappa shape index (κ2) is 6.32. The lowest BCUT2D eigenvalue weighted by atomic mass is 10.2. The van der Waals surface area contributed by atoms with Crippen molar-refractivity contribution in [2.45, 2.75) is 13.0 Å². The summed E-state index contributed by atoms with van der Waals surface area (Å²) in [5.41, 5.74) is 0.740. The lowest BCUT2D eigenvalue weighted by Gasteiger charge is -2.39. The first kappa shape index (κ1) is 16.4. The van der Waals surface area contributed by atoms with Gasteiger partial charge in [0.2, 0.25) is 0 Å².